The molecule has 0 aliphatic carbocycles. The number of fused-ring (bicyclic) bond motifs is 1. The van der Waals surface area contributed by atoms with Crippen molar-refractivity contribution in [3.05, 3.63) is 30.1 Å². The van der Waals surface area contributed by atoms with Gasteiger partial charge in [0.25, 0.3) is 0 Å². The molecule has 1 amide bonds. The molecule has 0 unspecified atom stereocenters. The highest BCUT2D eigenvalue weighted by Gasteiger charge is 2.08. The van der Waals surface area contributed by atoms with Crippen LogP contribution < -0.4 is 5.73 Å². The summed E-state index contributed by atoms with van der Waals surface area (Å²) in [4.78, 5) is 25.7. The molecule has 2 heterocycles. The molecule has 2 aromatic heterocycles. The number of pyridine rings is 1. The van der Waals surface area contributed by atoms with E-state index < -0.39 is 0 Å². The predicted octanol–water partition coefficient (Wildman–Crippen LogP) is 0.724. The second-order valence-electron chi connectivity index (χ2n) is 3.49. The topological polar surface area (TPSA) is 78.0 Å². The van der Waals surface area contributed by atoms with Crippen LogP contribution in [0.25, 0.3) is 11.0 Å². The molecular formula is C11H11N3O2. The standard InChI is InChI=1S/C11H11N3O2/c12-10(16)3-5-14-6-8(7-15)9-2-1-4-13-11(9)14/h1-2,4,6-7H,3,5H2,(H2,12,16). The smallest absolute Gasteiger partial charge is 0.219 e. The molecule has 2 N–H and O–H groups in total. The molecule has 0 aliphatic rings. The van der Waals surface area contributed by atoms with Gasteiger partial charge in [-0.05, 0) is 12.1 Å². The van der Waals surface area contributed by atoms with E-state index in [2.05, 4.69) is 4.98 Å². The molecule has 0 spiro atoms. The predicted molar refractivity (Wildman–Crippen MR) is 58.9 cm³/mol. The zero-order chi connectivity index (χ0) is 11.5. The molecule has 0 bridgehead atoms. The minimum absolute atomic E-state index is 0.235. The quantitative estimate of drug-likeness (QED) is 0.766. The molecule has 2 aromatic rings. The third-order valence-electron chi connectivity index (χ3n) is 2.39. The van der Waals surface area contributed by atoms with Crippen molar-refractivity contribution in [1.82, 2.24) is 9.55 Å². The van der Waals surface area contributed by atoms with Crippen LogP contribution in [0.5, 0.6) is 0 Å². The molecule has 2 rings (SSSR count). The normalized spacial score (nSPS) is 10.5. The lowest BCUT2D eigenvalue weighted by Gasteiger charge is -2.01. The number of amides is 1. The van der Waals surface area contributed by atoms with E-state index in [-0.39, 0.29) is 12.3 Å². The SMILES string of the molecule is NC(=O)CCn1cc(C=O)c2cccnc21. The number of aldehydes is 1. The minimum Gasteiger partial charge on any atom is -0.370 e. The fraction of sp³-hybridized carbons (Fsp3) is 0.182. The largest absolute Gasteiger partial charge is 0.370 e. The maximum Gasteiger partial charge on any atom is 0.219 e. The highest BCUT2D eigenvalue weighted by molar-refractivity contribution is 5.95. The molecule has 0 aromatic carbocycles. The highest BCUT2D eigenvalue weighted by Crippen LogP contribution is 2.17. The Kier molecular flexibility index (Phi) is 2.68. The first-order valence-electron chi connectivity index (χ1n) is 4.89. The number of nitrogens with two attached hydrogens (primary N) is 1. The number of hydrogen-bond donors (Lipinski definition) is 1. The number of nitrogens with zero attached hydrogens (tertiary/aromatic N) is 2. The van der Waals surface area contributed by atoms with Crippen molar-refractivity contribution in [1.29, 1.82) is 0 Å². The van der Waals surface area contributed by atoms with Gasteiger partial charge in [0.1, 0.15) is 5.65 Å². The molecule has 0 atom stereocenters. The van der Waals surface area contributed by atoms with E-state index in [4.69, 9.17) is 5.73 Å². The Morgan fingerprint density at radius 2 is 2.38 bits per heavy atom. The van der Waals surface area contributed by atoms with Crippen molar-refractivity contribution in [2.75, 3.05) is 0 Å². The van der Waals surface area contributed by atoms with E-state index in [1.807, 2.05) is 6.07 Å². The number of carbonyl (C=O) groups is 2. The summed E-state index contributed by atoms with van der Waals surface area (Å²) >= 11 is 0. The van der Waals surface area contributed by atoms with Gasteiger partial charge >= 0.3 is 0 Å². The van der Waals surface area contributed by atoms with E-state index in [1.165, 1.54) is 0 Å². The van der Waals surface area contributed by atoms with E-state index in [9.17, 15) is 9.59 Å². The monoisotopic (exact) mass is 217 g/mol. The highest BCUT2D eigenvalue weighted by atomic mass is 16.1. The molecule has 16 heavy (non-hydrogen) atoms. The lowest BCUT2D eigenvalue weighted by Crippen LogP contribution is -2.13. The Bertz CT molecular complexity index is 545. The van der Waals surface area contributed by atoms with Gasteiger partial charge in [-0.15, -0.1) is 0 Å². The van der Waals surface area contributed by atoms with Gasteiger partial charge in [0, 0.05) is 36.3 Å². The summed E-state index contributed by atoms with van der Waals surface area (Å²) in [7, 11) is 0. The average Bonchev–Trinajstić information content (AvgIpc) is 2.65. The first-order chi connectivity index (χ1) is 7.72. The number of aryl methyl sites for hydroxylation is 1. The first-order valence-corrected chi connectivity index (χ1v) is 4.89. The zero-order valence-electron chi connectivity index (χ0n) is 8.59. The van der Waals surface area contributed by atoms with Gasteiger partial charge in [0.05, 0.1) is 0 Å². The summed E-state index contributed by atoms with van der Waals surface area (Å²) < 4.78 is 1.77. The fourth-order valence-corrected chi connectivity index (χ4v) is 1.64. The molecule has 0 radical (unpaired) electrons. The maximum atomic E-state index is 10.8. The van der Waals surface area contributed by atoms with Crippen LogP contribution >= 0.6 is 0 Å². The number of hydrogen-bond acceptors (Lipinski definition) is 3. The lowest BCUT2D eigenvalue weighted by atomic mass is 10.2. The molecule has 5 heteroatoms. The van der Waals surface area contributed by atoms with Gasteiger partial charge in [0.2, 0.25) is 5.91 Å². The van der Waals surface area contributed by atoms with Gasteiger partial charge in [0.15, 0.2) is 6.29 Å². The van der Waals surface area contributed by atoms with Gasteiger partial charge in [-0.2, -0.15) is 0 Å². The van der Waals surface area contributed by atoms with Gasteiger partial charge in [-0.1, -0.05) is 0 Å². The number of carbonyl (C=O) groups excluding carboxylic acids is 2. The van der Waals surface area contributed by atoms with Crippen molar-refractivity contribution < 1.29 is 9.59 Å². The Labute approximate surface area is 91.9 Å². The molecule has 0 aliphatic heterocycles. The van der Waals surface area contributed by atoms with Crippen LogP contribution in [0.2, 0.25) is 0 Å². The summed E-state index contributed by atoms with van der Waals surface area (Å²) in [5.41, 5.74) is 6.36. The summed E-state index contributed by atoms with van der Waals surface area (Å²) in [5, 5.41) is 0.793. The first kappa shape index (κ1) is 10.4. The second kappa shape index (κ2) is 4.14. The molecule has 0 saturated heterocycles. The Balaban J connectivity index is 2.45. The van der Waals surface area contributed by atoms with Crippen molar-refractivity contribution in [2.45, 2.75) is 13.0 Å². The van der Waals surface area contributed by atoms with Crippen molar-refractivity contribution in [2.24, 2.45) is 5.73 Å². The Morgan fingerprint density at radius 1 is 1.56 bits per heavy atom. The lowest BCUT2D eigenvalue weighted by molar-refractivity contribution is -0.118. The van der Waals surface area contributed by atoms with Crippen LogP contribution in [-0.2, 0) is 11.3 Å². The third-order valence-corrected chi connectivity index (χ3v) is 2.39. The van der Waals surface area contributed by atoms with Crippen LogP contribution in [0.3, 0.4) is 0 Å². The fourth-order valence-electron chi connectivity index (χ4n) is 1.64. The van der Waals surface area contributed by atoms with E-state index in [0.717, 1.165) is 11.7 Å². The van der Waals surface area contributed by atoms with Crippen molar-refractivity contribution in [3.63, 3.8) is 0 Å². The summed E-state index contributed by atoms with van der Waals surface area (Å²) in [6.07, 6.45) is 4.36. The van der Waals surface area contributed by atoms with E-state index in [1.54, 1.807) is 23.0 Å². The van der Waals surface area contributed by atoms with Gasteiger partial charge < -0.3 is 10.3 Å². The minimum atomic E-state index is -0.370. The zero-order valence-corrected chi connectivity index (χ0v) is 8.59. The summed E-state index contributed by atoms with van der Waals surface area (Å²) in [6.45, 7) is 0.441. The maximum absolute atomic E-state index is 10.8. The number of aromatic nitrogens is 2. The summed E-state index contributed by atoms with van der Waals surface area (Å²) in [6, 6.07) is 3.60. The van der Waals surface area contributed by atoms with E-state index in [0.29, 0.717) is 17.8 Å². The molecule has 5 nitrogen and oxygen atoms in total. The molecule has 82 valence electrons. The molecular weight excluding hydrogens is 206 g/mol. The van der Waals surface area contributed by atoms with Gasteiger partial charge in [-0.25, -0.2) is 4.98 Å². The van der Waals surface area contributed by atoms with Gasteiger partial charge in [-0.3, -0.25) is 9.59 Å². The van der Waals surface area contributed by atoms with Crippen molar-refractivity contribution >= 4 is 23.2 Å². The number of rotatable bonds is 4. The summed E-state index contributed by atoms with van der Waals surface area (Å²) in [5.74, 6) is -0.370. The van der Waals surface area contributed by atoms with Crippen LogP contribution in [0.1, 0.15) is 16.8 Å². The molecule has 0 saturated carbocycles. The molecule has 0 fully saturated rings. The van der Waals surface area contributed by atoms with E-state index >= 15 is 0 Å². The number of primary amides is 1. The third kappa shape index (κ3) is 1.79. The Hall–Kier alpha value is -2.17. The van der Waals surface area contributed by atoms with Crippen LogP contribution in [0.4, 0.5) is 0 Å². The average molecular weight is 217 g/mol. The second-order valence-corrected chi connectivity index (χ2v) is 3.49. The van der Waals surface area contributed by atoms with Crippen molar-refractivity contribution in [3.8, 4) is 0 Å². The van der Waals surface area contributed by atoms with Crippen LogP contribution in [-0.4, -0.2) is 21.7 Å². The van der Waals surface area contributed by atoms with Crippen LogP contribution in [0, 0.1) is 0 Å². The van der Waals surface area contributed by atoms with Crippen LogP contribution in [0.15, 0.2) is 24.5 Å². The Morgan fingerprint density at radius 3 is 3.06 bits per heavy atom.